The number of aromatic nitrogens is 2. The molecular weight excluding hydrogens is 380 g/mol. The van der Waals surface area contributed by atoms with Crippen LogP contribution in [0.5, 0.6) is 0 Å². The molecule has 0 aromatic carbocycles. The molecule has 5 heteroatoms. The highest BCUT2D eigenvalue weighted by molar-refractivity contribution is 7.99. The van der Waals surface area contributed by atoms with E-state index in [1.165, 1.54) is 18.4 Å². The first kappa shape index (κ1) is 20.1. The molecule has 3 fully saturated rings. The van der Waals surface area contributed by atoms with Crippen LogP contribution >= 0.6 is 11.8 Å². The summed E-state index contributed by atoms with van der Waals surface area (Å²) in [6, 6.07) is 0. The van der Waals surface area contributed by atoms with E-state index < -0.39 is 5.60 Å². The van der Waals surface area contributed by atoms with Crippen LogP contribution in [0.25, 0.3) is 0 Å². The summed E-state index contributed by atoms with van der Waals surface area (Å²) >= 11 is 1.72. The van der Waals surface area contributed by atoms with E-state index in [2.05, 4.69) is 24.9 Å². The normalized spacial score (nSPS) is 46.6. The molecule has 160 valence electrons. The Hall–Kier alpha value is -0.780. The first-order valence-corrected chi connectivity index (χ1v) is 12.5. The van der Waals surface area contributed by atoms with Crippen LogP contribution in [-0.4, -0.2) is 37.2 Å². The minimum Gasteiger partial charge on any atom is -0.389 e. The van der Waals surface area contributed by atoms with Gasteiger partial charge in [0.25, 0.3) is 0 Å². The zero-order valence-electron chi connectivity index (χ0n) is 18.1. The number of aliphatic hydroxyl groups excluding tert-OH is 1. The third-order valence-corrected chi connectivity index (χ3v) is 10.9. The Bertz CT molecular complexity index is 822. The second-order valence-corrected chi connectivity index (χ2v) is 11.7. The van der Waals surface area contributed by atoms with E-state index in [-0.39, 0.29) is 16.9 Å². The number of hydrogen-bond donors (Lipinski definition) is 2. The second-order valence-electron chi connectivity index (χ2n) is 10.8. The summed E-state index contributed by atoms with van der Waals surface area (Å²) in [6.45, 7) is 4.86. The fourth-order valence-electron chi connectivity index (χ4n) is 7.73. The number of rotatable bonds is 3. The Morgan fingerprint density at radius 3 is 2.69 bits per heavy atom. The minimum atomic E-state index is -0.598. The topological polar surface area (TPSA) is 58.3 Å². The summed E-state index contributed by atoms with van der Waals surface area (Å²) in [6.07, 6.45) is 14.6. The Balaban J connectivity index is 1.38. The first-order valence-electron chi connectivity index (χ1n) is 11.5. The predicted molar refractivity (Wildman–Crippen MR) is 117 cm³/mol. The summed E-state index contributed by atoms with van der Waals surface area (Å²) in [5, 5.41) is 23.0. The molecule has 0 radical (unpaired) electrons. The van der Waals surface area contributed by atoms with Crippen LogP contribution in [0, 0.1) is 28.6 Å². The van der Waals surface area contributed by atoms with Crippen molar-refractivity contribution in [2.75, 3.05) is 5.75 Å². The molecule has 4 aliphatic rings. The molecule has 7 atom stereocenters. The van der Waals surface area contributed by atoms with Gasteiger partial charge in [-0.1, -0.05) is 37.3 Å². The molecular formula is C24H36N2O2S. The van der Waals surface area contributed by atoms with Crippen molar-refractivity contribution in [3.63, 3.8) is 0 Å². The SMILES string of the molecule is Cn1ccnc1SC[C@]1(O)CC[C@H]2[C@H]3CCC4=C[C@@H](O)CC[C@]4(C)[C@@H]3CC[C@@]21C. The van der Waals surface area contributed by atoms with Gasteiger partial charge in [0.2, 0.25) is 0 Å². The number of thioether (sulfide) groups is 1. The van der Waals surface area contributed by atoms with Gasteiger partial charge >= 0.3 is 0 Å². The van der Waals surface area contributed by atoms with Crippen LogP contribution < -0.4 is 0 Å². The molecule has 0 unspecified atom stereocenters. The van der Waals surface area contributed by atoms with Crippen LogP contribution in [0.2, 0.25) is 0 Å². The van der Waals surface area contributed by atoms with Gasteiger partial charge in [-0.2, -0.15) is 0 Å². The van der Waals surface area contributed by atoms with Gasteiger partial charge in [0.15, 0.2) is 5.16 Å². The predicted octanol–water partition coefficient (Wildman–Crippen LogP) is 4.57. The largest absolute Gasteiger partial charge is 0.389 e. The lowest BCUT2D eigenvalue weighted by molar-refractivity contribution is -0.116. The quantitative estimate of drug-likeness (QED) is 0.560. The molecule has 0 amide bonds. The van der Waals surface area contributed by atoms with Crippen molar-refractivity contribution >= 4 is 11.8 Å². The van der Waals surface area contributed by atoms with Gasteiger partial charge in [-0.25, -0.2) is 4.98 Å². The molecule has 0 aliphatic heterocycles. The lowest BCUT2D eigenvalue weighted by atomic mass is 9.46. The van der Waals surface area contributed by atoms with Gasteiger partial charge in [-0.3, -0.25) is 0 Å². The van der Waals surface area contributed by atoms with Gasteiger partial charge in [0, 0.05) is 30.6 Å². The molecule has 5 rings (SSSR count). The average Bonchev–Trinajstić information content (AvgIpc) is 3.22. The molecule has 29 heavy (non-hydrogen) atoms. The smallest absolute Gasteiger partial charge is 0.167 e. The summed E-state index contributed by atoms with van der Waals surface area (Å²) in [5.74, 6) is 2.81. The van der Waals surface area contributed by atoms with Crippen molar-refractivity contribution < 1.29 is 10.2 Å². The van der Waals surface area contributed by atoms with E-state index in [0.29, 0.717) is 5.92 Å². The van der Waals surface area contributed by atoms with Crippen molar-refractivity contribution in [3.8, 4) is 0 Å². The van der Waals surface area contributed by atoms with Crippen LogP contribution in [0.15, 0.2) is 29.2 Å². The molecule has 1 aromatic rings. The zero-order chi connectivity index (χ0) is 20.4. The fourth-order valence-corrected chi connectivity index (χ4v) is 8.97. The van der Waals surface area contributed by atoms with E-state index in [1.807, 2.05) is 24.0 Å². The van der Waals surface area contributed by atoms with Gasteiger partial charge in [-0.15, -0.1) is 0 Å². The summed E-state index contributed by atoms with van der Waals surface area (Å²) < 4.78 is 2.05. The maximum absolute atomic E-state index is 11.9. The molecule has 3 saturated carbocycles. The van der Waals surface area contributed by atoms with Gasteiger partial charge in [0.05, 0.1) is 11.7 Å². The number of aryl methyl sites for hydroxylation is 1. The number of aliphatic hydroxyl groups is 2. The van der Waals surface area contributed by atoms with Gasteiger partial charge in [0.1, 0.15) is 0 Å². The summed E-state index contributed by atoms with van der Waals surface area (Å²) in [4.78, 5) is 4.45. The van der Waals surface area contributed by atoms with Crippen LogP contribution in [0.1, 0.15) is 65.2 Å². The molecule has 1 aromatic heterocycles. The monoisotopic (exact) mass is 416 g/mol. The number of imidazole rings is 1. The summed E-state index contributed by atoms with van der Waals surface area (Å²) in [5.41, 5.74) is 1.21. The maximum atomic E-state index is 11.9. The fraction of sp³-hybridized carbons (Fsp3) is 0.792. The van der Waals surface area contributed by atoms with E-state index in [4.69, 9.17) is 0 Å². The van der Waals surface area contributed by atoms with E-state index >= 15 is 0 Å². The lowest BCUT2D eigenvalue weighted by Gasteiger charge is -2.59. The molecule has 0 bridgehead atoms. The highest BCUT2D eigenvalue weighted by Crippen LogP contribution is 2.68. The van der Waals surface area contributed by atoms with Crippen molar-refractivity contribution in [1.82, 2.24) is 9.55 Å². The first-order chi connectivity index (χ1) is 13.8. The number of allylic oxidation sites excluding steroid dienone is 1. The second kappa shape index (κ2) is 6.86. The Labute approximate surface area is 179 Å². The zero-order valence-corrected chi connectivity index (χ0v) is 18.9. The Morgan fingerprint density at radius 2 is 1.93 bits per heavy atom. The van der Waals surface area contributed by atoms with Crippen LogP contribution in [0.3, 0.4) is 0 Å². The molecule has 2 N–H and O–H groups in total. The summed E-state index contributed by atoms with van der Waals surface area (Å²) in [7, 11) is 2.03. The molecule has 4 aliphatic carbocycles. The van der Waals surface area contributed by atoms with Crippen molar-refractivity contribution in [2.24, 2.45) is 35.6 Å². The average molecular weight is 417 g/mol. The molecule has 0 spiro atoms. The third kappa shape index (κ3) is 2.90. The highest BCUT2D eigenvalue weighted by Gasteiger charge is 2.63. The number of fused-ring (bicyclic) bond motifs is 5. The van der Waals surface area contributed by atoms with Crippen molar-refractivity contribution in [3.05, 3.63) is 24.0 Å². The highest BCUT2D eigenvalue weighted by atomic mass is 32.2. The van der Waals surface area contributed by atoms with Crippen molar-refractivity contribution in [1.29, 1.82) is 0 Å². The van der Waals surface area contributed by atoms with Gasteiger partial charge in [-0.05, 0) is 74.5 Å². The van der Waals surface area contributed by atoms with E-state index in [1.54, 1.807) is 11.8 Å². The standard InChI is InChI=1S/C24H36N2O2S/c1-22-9-6-17(27)14-16(22)4-5-18-19(22)7-10-23(2)20(18)8-11-24(23,28)15-29-21-25-12-13-26(21)3/h12-14,17-20,27-28H,4-11,15H2,1-3H3/t17-,18-,19+,20-,22-,23-,24+/m0/s1. The van der Waals surface area contributed by atoms with E-state index in [9.17, 15) is 10.2 Å². The van der Waals surface area contributed by atoms with Crippen LogP contribution in [-0.2, 0) is 7.05 Å². The lowest BCUT2D eigenvalue weighted by Crippen LogP contribution is -2.55. The molecule has 4 nitrogen and oxygen atoms in total. The number of hydrogen-bond acceptors (Lipinski definition) is 4. The minimum absolute atomic E-state index is 0.0120. The molecule has 1 heterocycles. The number of nitrogens with zero attached hydrogens (tertiary/aromatic N) is 2. The third-order valence-electron chi connectivity index (χ3n) is 9.63. The van der Waals surface area contributed by atoms with Gasteiger partial charge < -0.3 is 14.8 Å². The van der Waals surface area contributed by atoms with Crippen LogP contribution in [0.4, 0.5) is 0 Å². The Kier molecular flexibility index (Phi) is 4.77. The molecule has 0 saturated heterocycles. The van der Waals surface area contributed by atoms with E-state index in [0.717, 1.165) is 61.3 Å². The maximum Gasteiger partial charge on any atom is 0.167 e. The Morgan fingerprint density at radius 1 is 1.14 bits per heavy atom. The van der Waals surface area contributed by atoms with Crippen molar-refractivity contribution in [2.45, 2.75) is 82.1 Å².